The average molecular weight is 415 g/mol. The van der Waals surface area contributed by atoms with E-state index in [9.17, 15) is 4.39 Å². The van der Waals surface area contributed by atoms with Crippen LogP contribution in [-0.2, 0) is 0 Å². The summed E-state index contributed by atoms with van der Waals surface area (Å²) in [5.74, 6) is 9.31. The molecule has 2 aromatic carbocycles. The Labute approximate surface area is 186 Å². The van der Waals surface area contributed by atoms with E-state index in [2.05, 4.69) is 55.3 Å². The van der Waals surface area contributed by atoms with Crippen LogP contribution in [0.3, 0.4) is 0 Å². The van der Waals surface area contributed by atoms with E-state index in [-0.39, 0.29) is 5.82 Å². The van der Waals surface area contributed by atoms with Gasteiger partial charge in [0.15, 0.2) is 0 Å². The Bertz CT molecular complexity index is 978. The monoisotopic (exact) mass is 414 g/mol. The molecule has 0 aliphatic heterocycles. The lowest BCUT2D eigenvalue weighted by Gasteiger charge is -2.41. The van der Waals surface area contributed by atoms with Crippen molar-refractivity contribution in [2.75, 3.05) is 6.61 Å². The Morgan fingerprint density at radius 1 is 0.935 bits per heavy atom. The summed E-state index contributed by atoms with van der Waals surface area (Å²) < 4.78 is 19.6. The van der Waals surface area contributed by atoms with Crippen molar-refractivity contribution < 1.29 is 9.13 Å². The Balaban J connectivity index is 1.38. The number of benzene rings is 2. The number of hydrogen-bond acceptors (Lipinski definition) is 1. The lowest BCUT2D eigenvalue weighted by atomic mass is 9.64. The normalized spacial score (nSPS) is 24.9. The van der Waals surface area contributed by atoms with Gasteiger partial charge in [-0.3, -0.25) is 0 Å². The standard InChI is InChI=1S/C29H31FO/c1-3-17-31-28-16-15-24(29(30)20-28)11-8-22-6-9-23(10-7-22)26-14-13-25-18-21(4-2)5-12-27(25)19-26/h3-4,6-7,9-10,15-16,20-21,25-27H,1-2,5,12-14,17-19H2. The van der Waals surface area contributed by atoms with Crippen molar-refractivity contribution in [3.63, 3.8) is 0 Å². The van der Waals surface area contributed by atoms with Crippen LogP contribution in [0.4, 0.5) is 4.39 Å². The van der Waals surface area contributed by atoms with Crippen LogP contribution in [0.1, 0.15) is 61.1 Å². The molecule has 2 aromatic rings. The maximum atomic E-state index is 14.3. The minimum Gasteiger partial charge on any atom is -0.489 e. The van der Waals surface area contributed by atoms with Crippen LogP contribution < -0.4 is 4.74 Å². The van der Waals surface area contributed by atoms with E-state index in [1.54, 1.807) is 18.2 Å². The molecule has 160 valence electrons. The summed E-state index contributed by atoms with van der Waals surface area (Å²) in [5.41, 5.74) is 2.71. The highest BCUT2D eigenvalue weighted by Crippen LogP contribution is 2.47. The molecular weight excluding hydrogens is 383 g/mol. The van der Waals surface area contributed by atoms with E-state index < -0.39 is 0 Å². The van der Waals surface area contributed by atoms with Gasteiger partial charge >= 0.3 is 0 Å². The molecule has 0 heterocycles. The molecule has 0 saturated heterocycles. The van der Waals surface area contributed by atoms with Crippen molar-refractivity contribution in [1.82, 2.24) is 0 Å². The predicted molar refractivity (Wildman–Crippen MR) is 126 cm³/mol. The second kappa shape index (κ2) is 10.0. The molecule has 2 fully saturated rings. The van der Waals surface area contributed by atoms with Gasteiger partial charge in [0.1, 0.15) is 18.2 Å². The van der Waals surface area contributed by atoms with Gasteiger partial charge in [0, 0.05) is 11.6 Å². The largest absolute Gasteiger partial charge is 0.489 e. The van der Waals surface area contributed by atoms with E-state index in [1.807, 2.05) is 0 Å². The van der Waals surface area contributed by atoms with Gasteiger partial charge in [-0.05, 0) is 92.0 Å². The zero-order valence-corrected chi connectivity index (χ0v) is 18.2. The Kier molecular flexibility index (Phi) is 6.92. The fourth-order valence-corrected chi connectivity index (χ4v) is 5.26. The summed E-state index contributed by atoms with van der Waals surface area (Å²) >= 11 is 0. The number of halogens is 1. The SMILES string of the molecule is C=CCOc1ccc(C#Cc2ccc(C3CCC4CC(C=C)CCC4C3)cc2)c(F)c1. The fraction of sp³-hybridized carbons (Fsp3) is 0.379. The third-order valence-electron chi connectivity index (χ3n) is 7.02. The molecule has 2 saturated carbocycles. The summed E-state index contributed by atoms with van der Waals surface area (Å²) in [6.45, 7) is 7.96. The summed E-state index contributed by atoms with van der Waals surface area (Å²) in [6.07, 6.45) is 11.7. The van der Waals surface area contributed by atoms with Crippen molar-refractivity contribution in [1.29, 1.82) is 0 Å². The number of allylic oxidation sites excluding steroid dienone is 1. The van der Waals surface area contributed by atoms with Crippen LogP contribution in [0.15, 0.2) is 67.8 Å². The highest BCUT2D eigenvalue weighted by atomic mass is 19.1. The highest BCUT2D eigenvalue weighted by molar-refractivity contribution is 5.46. The molecule has 4 unspecified atom stereocenters. The quantitative estimate of drug-likeness (QED) is 0.369. The molecule has 2 aliphatic rings. The van der Waals surface area contributed by atoms with Crippen LogP contribution in [0, 0.1) is 35.4 Å². The van der Waals surface area contributed by atoms with Crippen LogP contribution >= 0.6 is 0 Å². The molecule has 0 spiro atoms. The van der Waals surface area contributed by atoms with Gasteiger partial charge in [-0.15, -0.1) is 6.58 Å². The molecule has 0 bridgehead atoms. The predicted octanol–water partition coefficient (Wildman–Crippen LogP) is 7.28. The van der Waals surface area contributed by atoms with Crippen LogP contribution in [0.25, 0.3) is 0 Å². The Morgan fingerprint density at radius 3 is 2.45 bits per heavy atom. The van der Waals surface area contributed by atoms with Crippen LogP contribution in [0.2, 0.25) is 0 Å². The number of ether oxygens (including phenoxy) is 1. The lowest BCUT2D eigenvalue weighted by molar-refractivity contribution is 0.133. The first-order chi connectivity index (χ1) is 15.2. The molecule has 2 heteroatoms. The maximum absolute atomic E-state index is 14.3. The fourth-order valence-electron chi connectivity index (χ4n) is 5.26. The third kappa shape index (κ3) is 5.28. The van der Waals surface area contributed by atoms with E-state index in [1.165, 1.54) is 50.2 Å². The third-order valence-corrected chi connectivity index (χ3v) is 7.02. The maximum Gasteiger partial charge on any atom is 0.142 e. The molecule has 2 aliphatic carbocycles. The molecule has 31 heavy (non-hydrogen) atoms. The van der Waals surface area contributed by atoms with Gasteiger partial charge in [-0.1, -0.05) is 42.7 Å². The Hall–Kier alpha value is -2.79. The molecule has 0 aromatic heterocycles. The van der Waals surface area contributed by atoms with Crippen molar-refractivity contribution >= 4 is 0 Å². The van der Waals surface area contributed by atoms with Crippen molar-refractivity contribution in [3.05, 3.63) is 90.3 Å². The van der Waals surface area contributed by atoms with Gasteiger partial charge in [0.05, 0.1) is 5.56 Å². The Morgan fingerprint density at radius 2 is 1.71 bits per heavy atom. The van der Waals surface area contributed by atoms with Crippen LogP contribution in [0.5, 0.6) is 5.75 Å². The van der Waals surface area contributed by atoms with Crippen molar-refractivity contribution in [2.45, 2.75) is 44.4 Å². The average Bonchev–Trinajstić information content (AvgIpc) is 2.81. The first-order valence-electron chi connectivity index (χ1n) is 11.4. The van der Waals surface area contributed by atoms with Gasteiger partial charge in [-0.2, -0.15) is 0 Å². The zero-order chi connectivity index (χ0) is 21.6. The van der Waals surface area contributed by atoms with E-state index >= 15 is 0 Å². The van der Waals surface area contributed by atoms with Crippen molar-refractivity contribution in [3.8, 4) is 17.6 Å². The van der Waals surface area contributed by atoms with Crippen LogP contribution in [-0.4, -0.2) is 6.61 Å². The summed E-state index contributed by atoms with van der Waals surface area (Å²) in [5, 5.41) is 0. The molecular formula is C29H31FO. The molecule has 0 N–H and O–H groups in total. The minimum absolute atomic E-state index is 0.356. The second-order valence-corrected chi connectivity index (χ2v) is 8.95. The number of hydrogen-bond donors (Lipinski definition) is 0. The minimum atomic E-state index is -0.367. The molecule has 4 atom stereocenters. The first kappa shape index (κ1) is 21.4. The van der Waals surface area contributed by atoms with E-state index in [0.29, 0.717) is 23.8 Å². The lowest BCUT2D eigenvalue weighted by Crippen LogP contribution is -2.29. The number of rotatable bonds is 5. The number of fused-ring (bicyclic) bond motifs is 1. The second-order valence-electron chi connectivity index (χ2n) is 8.95. The van der Waals surface area contributed by atoms with E-state index in [4.69, 9.17) is 4.74 Å². The summed E-state index contributed by atoms with van der Waals surface area (Å²) in [6, 6.07) is 13.3. The van der Waals surface area contributed by atoms with Gasteiger partial charge in [0.25, 0.3) is 0 Å². The van der Waals surface area contributed by atoms with Gasteiger partial charge in [-0.25, -0.2) is 4.39 Å². The van der Waals surface area contributed by atoms with E-state index in [0.717, 1.165) is 23.3 Å². The van der Waals surface area contributed by atoms with Gasteiger partial charge in [0.2, 0.25) is 0 Å². The topological polar surface area (TPSA) is 9.23 Å². The zero-order valence-electron chi connectivity index (χ0n) is 18.2. The molecule has 1 nitrogen and oxygen atoms in total. The summed E-state index contributed by atoms with van der Waals surface area (Å²) in [4.78, 5) is 0. The molecule has 4 rings (SSSR count). The smallest absolute Gasteiger partial charge is 0.142 e. The summed E-state index contributed by atoms with van der Waals surface area (Å²) in [7, 11) is 0. The van der Waals surface area contributed by atoms with Gasteiger partial charge < -0.3 is 4.74 Å². The molecule has 0 radical (unpaired) electrons. The first-order valence-corrected chi connectivity index (χ1v) is 11.4. The molecule has 0 amide bonds. The van der Waals surface area contributed by atoms with Crippen molar-refractivity contribution in [2.24, 2.45) is 17.8 Å². The highest BCUT2D eigenvalue weighted by Gasteiger charge is 2.35.